The molecule has 22 heteroatoms. The monoisotopic (exact) mass is 807 g/mol. The van der Waals surface area contributed by atoms with E-state index in [1.807, 2.05) is 0 Å². The molecule has 2 atom stereocenters. The molecule has 2 amide bonds. The second kappa shape index (κ2) is 15.2. The minimum Gasteiger partial charge on any atom is -0.504 e. The molecule has 4 heterocycles. The van der Waals surface area contributed by atoms with Crippen molar-refractivity contribution in [1.82, 2.24) is 25.2 Å². The molecule has 6 rings (SSSR count). The topological polar surface area (TPSA) is 263 Å². The fraction of sp³-hybridized carbons (Fsp3) is 0.167. The van der Waals surface area contributed by atoms with Crippen molar-refractivity contribution < 1.29 is 49.5 Å². The van der Waals surface area contributed by atoms with Crippen molar-refractivity contribution in [2.24, 2.45) is 5.16 Å². The maximum absolute atomic E-state index is 13.5. The maximum atomic E-state index is 13.5. The Morgan fingerprint density at radius 3 is 2.65 bits per heavy atom. The first-order chi connectivity index (χ1) is 24.8. The minimum atomic E-state index is -1.65. The van der Waals surface area contributed by atoms with E-state index in [4.69, 9.17) is 38.5 Å². The number of anilines is 1. The number of carbonyl (C=O) groups excluding carboxylic acids is 2. The number of nitrogens with zero attached hydrogens (tertiary/aromatic N) is 5. The van der Waals surface area contributed by atoms with E-state index in [1.165, 1.54) is 59.6 Å². The average molecular weight is 809 g/mol. The van der Waals surface area contributed by atoms with Gasteiger partial charge in [-0.15, -0.1) is 34.9 Å². The minimum absolute atomic E-state index is 0.0262. The van der Waals surface area contributed by atoms with Crippen LogP contribution in [-0.2, 0) is 25.8 Å². The van der Waals surface area contributed by atoms with E-state index >= 15 is 0 Å². The standard InChI is InChI=1S/C30H23Cl2N7O10S3/c31-15-3-12(19(32)23(43)22(15)42)6-48-38-20(16-9-52-29(33)36-16)24(44)37-21-26(45)39-27(49-30(46)47)13(8-51-28(21)39)7-50-25-14(5-34-10-35-25)11-1-2-17(40)18(41)4-11/h1-5,9-10,21,28,40-43H,6-8H2,(H2,33,36)(H,37,44)(H,46,47)/b38-20-/t21-,28-/m1/s1. The zero-order valence-corrected chi connectivity index (χ0v) is 29.9. The van der Waals surface area contributed by atoms with Gasteiger partial charge in [-0.25, -0.2) is 19.7 Å². The number of rotatable bonds is 11. The number of phenolic OH excluding ortho intramolecular Hbond substituents is 4. The summed E-state index contributed by atoms with van der Waals surface area (Å²) < 4.78 is 5.09. The number of oxime groups is 1. The number of hydrogen-bond acceptors (Lipinski definition) is 17. The number of carboxylic acid groups (broad SMARTS) is 1. The second-order valence-corrected chi connectivity index (χ2v) is 14.4. The molecule has 1 fully saturated rings. The van der Waals surface area contributed by atoms with Crippen LogP contribution in [-0.4, -0.2) is 92.0 Å². The number of nitrogens with two attached hydrogens (primary N) is 1. The molecule has 2 aliphatic heterocycles. The van der Waals surface area contributed by atoms with Crippen LogP contribution in [0.5, 0.6) is 23.0 Å². The summed E-state index contributed by atoms with van der Waals surface area (Å²) in [5, 5.41) is 56.3. The molecule has 0 aliphatic carbocycles. The van der Waals surface area contributed by atoms with Crippen LogP contribution in [0.25, 0.3) is 11.1 Å². The number of amides is 2. The van der Waals surface area contributed by atoms with Gasteiger partial charge >= 0.3 is 6.16 Å². The summed E-state index contributed by atoms with van der Waals surface area (Å²) in [5.74, 6) is -3.30. The molecular weight excluding hydrogens is 785 g/mol. The third kappa shape index (κ3) is 7.41. The molecule has 0 saturated carbocycles. The molecule has 2 aromatic heterocycles. The van der Waals surface area contributed by atoms with Crippen molar-refractivity contribution in [2.45, 2.75) is 23.0 Å². The molecule has 8 N–H and O–H groups in total. The first kappa shape index (κ1) is 36.6. The third-order valence-corrected chi connectivity index (χ3v) is 11.2. The lowest BCUT2D eigenvalue weighted by Gasteiger charge is -2.49. The first-order valence-corrected chi connectivity index (χ1v) is 18.1. The number of thioether (sulfide) groups is 2. The van der Waals surface area contributed by atoms with Crippen molar-refractivity contribution in [3.05, 3.63) is 74.9 Å². The maximum Gasteiger partial charge on any atom is 0.512 e. The normalized spacial score (nSPS) is 17.0. The van der Waals surface area contributed by atoms with Crippen molar-refractivity contribution in [3.63, 3.8) is 0 Å². The van der Waals surface area contributed by atoms with Crippen molar-refractivity contribution >= 4 is 86.9 Å². The number of benzene rings is 2. The van der Waals surface area contributed by atoms with Gasteiger partial charge in [0.05, 0.1) is 10.0 Å². The van der Waals surface area contributed by atoms with Gasteiger partial charge in [-0.3, -0.25) is 14.5 Å². The number of hydrogen-bond donors (Lipinski definition) is 7. The van der Waals surface area contributed by atoms with Crippen molar-refractivity contribution in [3.8, 4) is 34.1 Å². The smallest absolute Gasteiger partial charge is 0.504 e. The van der Waals surface area contributed by atoms with Gasteiger partial charge in [0.25, 0.3) is 11.8 Å². The lowest BCUT2D eigenvalue weighted by atomic mass is 10.1. The molecule has 4 aromatic rings. The second-order valence-electron chi connectivity index (χ2n) is 10.7. The van der Waals surface area contributed by atoms with Gasteiger partial charge in [-0.05, 0) is 23.8 Å². The number of ether oxygens (including phenoxy) is 1. The predicted molar refractivity (Wildman–Crippen MR) is 190 cm³/mol. The highest BCUT2D eigenvalue weighted by Gasteiger charge is 2.54. The van der Waals surface area contributed by atoms with Crippen LogP contribution < -0.4 is 11.1 Å². The van der Waals surface area contributed by atoms with Crippen LogP contribution in [0.15, 0.2) is 63.8 Å². The Bertz CT molecular complexity index is 2170. The molecule has 0 unspecified atom stereocenters. The molecule has 0 radical (unpaired) electrons. The molecule has 2 aliphatic rings. The van der Waals surface area contributed by atoms with E-state index < -0.39 is 47.5 Å². The lowest BCUT2D eigenvalue weighted by molar-refractivity contribution is -0.148. The van der Waals surface area contributed by atoms with E-state index in [9.17, 15) is 39.9 Å². The summed E-state index contributed by atoms with van der Waals surface area (Å²) >= 11 is 15.5. The molecule has 2 aromatic carbocycles. The molecule has 17 nitrogen and oxygen atoms in total. The highest BCUT2D eigenvalue weighted by molar-refractivity contribution is 8.01. The summed E-state index contributed by atoms with van der Waals surface area (Å²) in [6, 6.07) is 4.35. The number of β-lactam (4-membered cyclic amide) rings is 1. The highest BCUT2D eigenvalue weighted by Crippen LogP contribution is 2.44. The van der Waals surface area contributed by atoms with Crippen LogP contribution in [0.2, 0.25) is 10.0 Å². The summed E-state index contributed by atoms with van der Waals surface area (Å²) in [5.41, 5.74) is 7.08. The van der Waals surface area contributed by atoms with Crippen LogP contribution in [0.1, 0.15) is 11.3 Å². The number of aromatic nitrogens is 3. The Morgan fingerprint density at radius 2 is 1.94 bits per heavy atom. The van der Waals surface area contributed by atoms with Gasteiger partial charge in [0.1, 0.15) is 35.1 Å². The van der Waals surface area contributed by atoms with E-state index in [-0.39, 0.29) is 61.0 Å². The number of nitrogen functional groups attached to an aromatic ring is 1. The molecule has 270 valence electrons. The molecular formula is C30H23Cl2N7O10S3. The Hall–Kier alpha value is -5.15. The quantitative estimate of drug-likeness (QED) is 0.0211. The average Bonchev–Trinajstić information content (AvgIpc) is 3.55. The summed E-state index contributed by atoms with van der Waals surface area (Å²) in [7, 11) is 0. The van der Waals surface area contributed by atoms with Gasteiger partial charge in [0.2, 0.25) is 5.88 Å². The summed E-state index contributed by atoms with van der Waals surface area (Å²) in [6.07, 6.45) is 1.19. The number of carbonyl (C=O) groups is 3. The van der Waals surface area contributed by atoms with Crippen LogP contribution in [0.3, 0.4) is 0 Å². The largest absolute Gasteiger partial charge is 0.512 e. The van der Waals surface area contributed by atoms with Crippen molar-refractivity contribution in [1.29, 1.82) is 0 Å². The number of fused-ring (bicyclic) bond motifs is 1. The zero-order valence-electron chi connectivity index (χ0n) is 25.9. The number of thiazole rings is 1. The van der Waals surface area contributed by atoms with E-state index in [1.54, 1.807) is 6.07 Å². The fourth-order valence-electron chi connectivity index (χ4n) is 4.92. The number of halogens is 2. The molecule has 52 heavy (non-hydrogen) atoms. The number of aromatic hydroxyl groups is 4. The van der Waals surface area contributed by atoms with Gasteiger partial charge in [0, 0.05) is 39.8 Å². The predicted octanol–water partition coefficient (Wildman–Crippen LogP) is 4.33. The van der Waals surface area contributed by atoms with E-state index in [2.05, 4.69) is 25.4 Å². The van der Waals surface area contributed by atoms with Crippen molar-refractivity contribution in [2.75, 3.05) is 17.2 Å². The van der Waals surface area contributed by atoms with Gasteiger partial charge in [0.15, 0.2) is 33.8 Å². The fourth-order valence-corrected chi connectivity index (χ4v) is 8.33. The first-order valence-electron chi connectivity index (χ1n) is 14.5. The van der Waals surface area contributed by atoms with Crippen LogP contribution in [0.4, 0.5) is 9.93 Å². The van der Waals surface area contributed by atoms with Crippen LogP contribution in [0, 0.1) is 0 Å². The molecule has 0 spiro atoms. The Morgan fingerprint density at radius 1 is 1.15 bits per heavy atom. The van der Waals surface area contributed by atoms with E-state index in [0.29, 0.717) is 21.7 Å². The molecule has 0 bridgehead atoms. The Labute approximate surface area is 314 Å². The summed E-state index contributed by atoms with van der Waals surface area (Å²) in [6.45, 7) is -0.396. The van der Waals surface area contributed by atoms with Gasteiger partial charge < -0.3 is 46.2 Å². The summed E-state index contributed by atoms with van der Waals surface area (Å²) in [4.78, 5) is 57.6. The number of nitrogens with one attached hydrogen (secondary N) is 1. The number of phenols is 4. The molecule has 1 saturated heterocycles. The van der Waals surface area contributed by atoms with E-state index in [0.717, 1.165) is 16.2 Å². The van der Waals surface area contributed by atoms with Gasteiger partial charge in [-0.2, -0.15) is 0 Å². The Kier molecular flexibility index (Phi) is 10.7. The SMILES string of the molecule is Nc1nc(/C(=N/OCc2cc(Cl)c(O)c(O)c2Cl)C(=O)N[C@@H]2C(=O)N3C(OC(=O)O)=C(CSc4ncncc4-c4ccc(O)c(O)c4)CS[C@H]23)cs1. The van der Waals surface area contributed by atoms with Gasteiger partial charge in [-0.1, -0.05) is 34.4 Å². The highest BCUT2D eigenvalue weighted by atomic mass is 35.5. The lowest BCUT2D eigenvalue weighted by Crippen LogP contribution is -2.70. The third-order valence-electron chi connectivity index (χ3n) is 7.41. The zero-order chi connectivity index (χ0) is 37.3. The van der Waals surface area contributed by atoms with Crippen LogP contribution >= 0.6 is 58.1 Å². The Balaban J connectivity index is 1.19.